The van der Waals surface area contributed by atoms with Crippen molar-refractivity contribution in [2.75, 3.05) is 13.7 Å². The second-order valence-electron chi connectivity index (χ2n) is 4.81. The molecule has 0 saturated heterocycles. The van der Waals surface area contributed by atoms with Crippen molar-refractivity contribution in [2.45, 2.75) is 11.8 Å². The summed E-state index contributed by atoms with van der Waals surface area (Å²) in [5.74, 6) is 0.116. The van der Waals surface area contributed by atoms with E-state index in [0.717, 1.165) is 0 Å². The fourth-order valence-electron chi connectivity index (χ4n) is 1.98. The van der Waals surface area contributed by atoms with Gasteiger partial charge in [-0.25, -0.2) is 8.42 Å². The lowest BCUT2D eigenvalue weighted by atomic mass is 10.2. The third kappa shape index (κ3) is 4.85. The summed E-state index contributed by atoms with van der Waals surface area (Å²) < 4.78 is 34.8. The molecule has 2 rings (SSSR count). The fourth-order valence-corrected chi connectivity index (χ4v) is 2.99. The van der Waals surface area contributed by atoms with Crippen molar-refractivity contribution in [3.63, 3.8) is 0 Å². The number of benzene rings is 2. The van der Waals surface area contributed by atoms with E-state index in [-0.39, 0.29) is 16.2 Å². The van der Waals surface area contributed by atoms with Crippen LogP contribution in [-0.2, 0) is 10.0 Å². The first-order chi connectivity index (χ1) is 11.9. The molecule has 0 spiro atoms. The zero-order chi connectivity index (χ0) is 18.4. The van der Waals surface area contributed by atoms with Gasteiger partial charge in [0.1, 0.15) is 11.5 Å². The molecule has 0 fully saturated rings. The summed E-state index contributed by atoms with van der Waals surface area (Å²) in [6.45, 7) is 2.30. The van der Waals surface area contributed by atoms with Gasteiger partial charge in [0.15, 0.2) is 0 Å². The first-order valence-corrected chi connectivity index (χ1v) is 9.12. The second kappa shape index (κ2) is 8.19. The van der Waals surface area contributed by atoms with Crippen LogP contribution in [0.3, 0.4) is 0 Å². The van der Waals surface area contributed by atoms with E-state index < -0.39 is 15.9 Å². The lowest BCUT2D eigenvalue weighted by Crippen LogP contribution is -2.41. The molecule has 0 aliphatic heterocycles. The van der Waals surface area contributed by atoms with Crippen molar-refractivity contribution in [3.05, 3.63) is 53.1 Å². The molecule has 0 radical (unpaired) electrons. The van der Waals surface area contributed by atoms with E-state index in [1.54, 1.807) is 6.07 Å². The number of rotatable bonds is 7. The molecule has 2 aromatic carbocycles. The maximum Gasteiger partial charge on any atom is 0.270 e. The highest BCUT2D eigenvalue weighted by molar-refractivity contribution is 7.89. The monoisotopic (exact) mass is 384 g/mol. The molecule has 0 aliphatic carbocycles. The topological polar surface area (TPSA) is 93.7 Å². The van der Waals surface area contributed by atoms with Gasteiger partial charge in [0.25, 0.3) is 15.9 Å². The molecule has 0 bridgehead atoms. The Hall–Kier alpha value is -2.29. The van der Waals surface area contributed by atoms with Crippen LogP contribution in [0.4, 0.5) is 0 Å². The zero-order valence-corrected chi connectivity index (χ0v) is 15.1. The van der Waals surface area contributed by atoms with Gasteiger partial charge in [0.05, 0.1) is 24.2 Å². The minimum Gasteiger partial charge on any atom is -0.496 e. The van der Waals surface area contributed by atoms with Crippen molar-refractivity contribution in [1.29, 1.82) is 0 Å². The molecular weight excluding hydrogens is 368 g/mol. The molecule has 2 aromatic rings. The summed E-state index contributed by atoms with van der Waals surface area (Å²) in [5, 5.41) is 0.320. The molecule has 1 amide bonds. The second-order valence-corrected chi connectivity index (χ2v) is 6.93. The summed E-state index contributed by atoms with van der Waals surface area (Å²) in [4.78, 5) is 14.2. The highest BCUT2D eigenvalue weighted by Crippen LogP contribution is 2.22. The normalized spacial score (nSPS) is 11.0. The fraction of sp³-hybridized carbons (Fsp3) is 0.188. The number of halogens is 1. The average Bonchev–Trinajstić information content (AvgIpc) is 2.60. The molecular formula is C16H17ClN2O5S. The number of ether oxygens (including phenoxy) is 2. The van der Waals surface area contributed by atoms with Crippen molar-refractivity contribution in [2.24, 2.45) is 0 Å². The van der Waals surface area contributed by atoms with Crippen molar-refractivity contribution in [1.82, 2.24) is 10.3 Å². The predicted molar refractivity (Wildman–Crippen MR) is 93.4 cm³/mol. The van der Waals surface area contributed by atoms with Gasteiger partial charge in [-0.15, -0.1) is 4.83 Å². The van der Waals surface area contributed by atoms with Crippen LogP contribution in [-0.4, -0.2) is 28.0 Å². The number of hydrazine groups is 1. The minimum absolute atomic E-state index is 0.0192. The molecule has 9 heteroatoms. The number of methoxy groups -OCH3 is 1. The highest BCUT2D eigenvalue weighted by atomic mass is 35.5. The van der Waals surface area contributed by atoms with Crippen LogP contribution in [0.5, 0.6) is 11.5 Å². The lowest BCUT2D eigenvalue weighted by molar-refractivity contribution is 0.0942. The van der Waals surface area contributed by atoms with Gasteiger partial charge >= 0.3 is 0 Å². The van der Waals surface area contributed by atoms with Gasteiger partial charge in [-0.3, -0.25) is 10.2 Å². The number of nitrogens with one attached hydrogen (secondary N) is 2. The first kappa shape index (κ1) is 19.0. The van der Waals surface area contributed by atoms with E-state index in [1.165, 1.54) is 43.5 Å². The van der Waals surface area contributed by atoms with Gasteiger partial charge in [0, 0.05) is 5.02 Å². The van der Waals surface area contributed by atoms with Gasteiger partial charge in [0.2, 0.25) is 0 Å². The Kier molecular flexibility index (Phi) is 6.24. The SMILES string of the molecule is CCOc1ccc(S(=O)(=O)NNC(=O)c2cc(Cl)ccc2OC)cc1. The largest absolute Gasteiger partial charge is 0.496 e. The highest BCUT2D eigenvalue weighted by Gasteiger charge is 2.18. The van der Waals surface area contributed by atoms with Crippen LogP contribution in [0, 0.1) is 0 Å². The number of hydrogen-bond donors (Lipinski definition) is 2. The average molecular weight is 385 g/mol. The van der Waals surface area contributed by atoms with Crippen LogP contribution in [0.25, 0.3) is 0 Å². The van der Waals surface area contributed by atoms with Crippen molar-refractivity contribution < 1.29 is 22.7 Å². The summed E-state index contributed by atoms with van der Waals surface area (Å²) in [7, 11) is -2.54. The summed E-state index contributed by atoms with van der Waals surface area (Å²) in [6, 6.07) is 10.2. The molecule has 134 valence electrons. The Bertz CT molecular complexity index is 853. The third-order valence-corrected chi connectivity index (χ3v) is 4.65. The van der Waals surface area contributed by atoms with Gasteiger partial charge in [-0.2, -0.15) is 0 Å². The Labute approximate surface area is 150 Å². The molecule has 0 aliphatic rings. The number of amides is 1. The Balaban J connectivity index is 2.11. The van der Waals surface area contributed by atoms with Crippen LogP contribution in [0.15, 0.2) is 47.4 Å². The third-order valence-electron chi connectivity index (χ3n) is 3.15. The van der Waals surface area contributed by atoms with Crippen LogP contribution in [0.1, 0.15) is 17.3 Å². The van der Waals surface area contributed by atoms with E-state index in [2.05, 4.69) is 5.43 Å². The molecule has 7 nitrogen and oxygen atoms in total. The number of carbonyl (C=O) groups excluding carboxylic acids is 1. The molecule has 0 heterocycles. The van der Waals surface area contributed by atoms with E-state index in [1.807, 2.05) is 11.8 Å². The Morgan fingerprint density at radius 2 is 1.84 bits per heavy atom. The van der Waals surface area contributed by atoms with Crippen molar-refractivity contribution in [3.8, 4) is 11.5 Å². The Morgan fingerprint density at radius 3 is 2.44 bits per heavy atom. The molecule has 0 aromatic heterocycles. The molecule has 25 heavy (non-hydrogen) atoms. The van der Waals surface area contributed by atoms with E-state index in [4.69, 9.17) is 21.1 Å². The quantitative estimate of drug-likeness (QED) is 0.715. The first-order valence-electron chi connectivity index (χ1n) is 7.26. The van der Waals surface area contributed by atoms with Crippen LogP contribution < -0.4 is 19.7 Å². The molecule has 0 atom stereocenters. The predicted octanol–water partition coefficient (Wildman–Crippen LogP) is 2.37. The van der Waals surface area contributed by atoms with Gasteiger partial charge < -0.3 is 9.47 Å². The van der Waals surface area contributed by atoms with E-state index in [0.29, 0.717) is 17.4 Å². The standard InChI is InChI=1S/C16H17ClN2O5S/c1-3-24-12-5-7-13(8-6-12)25(21,22)19-18-16(20)14-10-11(17)4-9-15(14)23-2/h4-10,19H,3H2,1-2H3,(H,18,20). The summed E-state index contributed by atoms with van der Waals surface area (Å²) >= 11 is 5.86. The van der Waals surface area contributed by atoms with Crippen LogP contribution >= 0.6 is 11.6 Å². The van der Waals surface area contributed by atoms with Crippen molar-refractivity contribution >= 4 is 27.5 Å². The number of sulfonamides is 1. The van der Waals surface area contributed by atoms with E-state index >= 15 is 0 Å². The molecule has 0 saturated carbocycles. The maximum absolute atomic E-state index is 12.2. The lowest BCUT2D eigenvalue weighted by Gasteiger charge is -2.11. The Morgan fingerprint density at radius 1 is 1.16 bits per heavy atom. The molecule has 2 N–H and O–H groups in total. The molecule has 0 unspecified atom stereocenters. The van der Waals surface area contributed by atoms with Gasteiger partial charge in [-0.05, 0) is 49.4 Å². The van der Waals surface area contributed by atoms with E-state index in [9.17, 15) is 13.2 Å². The van der Waals surface area contributed by atoms with Crippen LogP contribution in [0.2, 0.25) is 5.02 Å². The number of carbonyl (C=O) groups is 1. The minimum atomic E-state index is -3.94. The summed E-state index contributed by atoms with van der Waals surface area (Å²) in [6.07, 6.45) is 0. The summed E-state index contributed by atoms with van der Waals surface area (Å²) in [5.41, 5.74) is 2.23. The maximum atomic E-state index is 12.2. The van der Waals surface area contributed by atoms with Gasteiger partial charge in [-0.1, -0.05) is 11.6 Å². The number of hydrogen-bond acceptors (Lipinski definition) is 5. The smallest absolute Gasteiger partial charge is 0.270 e. The zero-order valence-electron chi connectivity index (χ0n) is 13.6.